The summed E-state index contributed by atoms with van der Waals surface area (Å²) in [6.07, 6.45) is 2.41. The van der Waals surface area contributed by atoms with Crippen LogP contribution in [0.2, 0.25) is 10.0 Å². The molecular formula is C30H42Cl2N4O2. The summed E-state index contributed by atoms with van der Waals surface area (Å²) in [5.74, 6) is 0.209. The smallest absolute Gasteiger partial charge is 0.251 e. The van der Waals surface area contributed by atoms with Crippen LogP contribution in [0.4, 0.5) is 0 Å². The highest BCUT2D eigenvalue weighted by molar-refractivity contribution is 6.42. The molecule has 0 aromatic heterocycles. The van der Waals surface area contributed by atoms with Gasteiger partial charge in [-0.2, -0.15) is 0 Å². The molecule has 1 saturated heterocycles. The number of nitrogens with one attached hydrogen (secondary N) is 2. The molecule has 0 aliphatic carbocycles. The van der Waals surface area contributed by atoms with Crippen molar-refractivity contribution in [1.82, 2.24) is 20.4 Å². The Balaban J connectivity index is 1.72. The van der Waals surface area contributed by atoms with E-state index in [9.17, 15) is 9.59 Å². The van der Waals surface area contributed by atoms with Crippen LogP contribution in [-0.2, 0) is 4.79 Å². The van der Waals surface area contributed by atoms with E-state index in [1.165, 1.54) is 5.56 Å². The molecule has 208 valence electrons. The lowest BCUT2D eigenvalue weighted by atomic mass is 9.95. The third kappa shape index (κ3) is 8.44. The minimum atomic E-state index is -0.317. The number of benzene rings is 2. The van der Waals surface area contributed by atoms with Gasteiger partial charge in [-0.3, -0.25) is 9.59 Å². The van der Waals surface area contributed by atoms with Crippen molar-refractivity contribution in [2.45, 2.75) is 70.5 Å². The van der Waals surface area contributed by atoms with E-state index < -0.39 is 0 Å². The van der Waals surface area contributed by atoms with Crippen LogP contribution >= 0.6 is 23.2 Å². The first-order valence-electron chi connectivity index (χ1n) is 13.5. The molecular weight excluding hydrogens is 519 g/mol. The minimum absolute atomic E-state index is 0.0152. The third-order valence-corrected chi connectivity index (χ3v) is 8.33. The Morgan fingerprint density at radius 1 is 1.16 bits per heavy atom. The van der Waals surface area contributed by atoms with Crippen molar-refractivity contribution in [2.75, 3.05) is 33.2 Å². The maximum absolute atomic E-state index is 13.8. The number of nitrogens with zero attached hydrogens (tertiary/aromatic N) is 2. The van der Waals surface area contributed by atoms with E-state index >= 15 is 0 Å². The van der Waals surface area contributed by atoms with Crippen LogP contribution in [0, 0.1) is 0 Å². The van der Waals surface area contributed by atoms with Crippen LogP contribution in [0.5, 0.6) is 0 Å². The molecule has 8 heteroatoms. The molecule has 1 fully saturated rings. The largest absolute Gasteiger partial charge is 0.350 e. The Kier molecular flexibility index (Phi) is 11.0. The lowest BCUT2D eigenvalue weighted by Gasteiger charge is -2.34. The summed E-state index contributed by atoms with van der Waals surface area (Å²) < 4.78 is 0. The molecule has 0 saturated carbocycles. The lowest BCUT2D eigenvalue weighted by molar-refractivity contribution is -0.133. The maximum Gasteiger partial charge on any atom is 0.251 e. The fourth-order valence-corrected chi connectivity index (χ4v) is 5.00. The van der Waals surface area contributed by atoms with Gasteiger partial charge in [-0.15, -0.1) is 0 Å². The predicted octanol–water partition coefficient (Wildman–Crippen LogP) is 5.60. The first-order valence-corrected chi connectivity index (χ1v) is 14.3. The summed E-state index contributed by atoms with van der Waals surface area (Å²) in [5, 5.41) is 7.36. The molecule has 3 rings (SSSR count). The molecule has 3 atom stereocenters. The molecule has 0 bridgehead atoms. The number of hydrogen-bond acceptors (Lipinski definition) is 4. The molecule has 6 nitrogen and oxygen atoms in total. The quantitative estimate of drug-likeness (QED) is 0.397. The molecule has 2 amide bonds. The van der Waals surface area contributed by atoms with Crippen LogP contribution in [-0.4, -0.2) is 72.5 Å². The zero-order chi connectivity index (χ0) is 27.9. The Morgan fingerprint density at radius 2 is 1.87 bits per heavy atom. The van der Waals surface area contributed by atoms with Crippen molar-refractivity contribution in [1.29, 1.82) is 0 Å². The molecule has 3 unspecified atom stereocenters. The normalized spacial score (nSPS) is 19.4. The fourth-order valence-electron chi connectivity index (χ4n) is 4.71. The molecule has 1 heterocycles. The molecule has 1 aliphatic rings. The number of hydrogen-bond donors (Lipinski definition) is 2. The van der Waals surface area contributed by atoms with Crippen molar-refractivity contribution < 1.29 is 9.59 Å². The number of carbonyl (C=O) groups is 2. The summed E-state index contributed by atoms with van der Waals surface area (Å²) in [7, 11) is 2.09. The topological polar surface area (TPSA) is 64.7 Å². The van der Waals surface area contributed by atoms with Gasteiger partial charge < -0.3 is 20.4 Å². The van der Waals surface area contributed by atoms with Gasteiger partial charge in [0.15, 0.2) is 0 Å². The van der Waals surface area contributed by atoms with Gasteiger partial charge in [-0.25, -0.2) is 0 Å². The van der Waals surface area contributed by atoms with E-state index in [-0.39, 0.29) is 35.4 Å². The zero-order valence-corrected chi connectivity index (χ0v) is 24.8. The van der Waals surface area contributed by atoms with E-state index in [0.29, 0.717) is 41.7 Å². The standard InChI is InChI=1S/C30H42Cl2N4O2/c1-6-21(22-10-8-7-9-11-22)20-36-17-14-24(19-33-28(37)23-12-13-25(31)26(32)18-23)34-27(29(36)38)15-16-35(5)30(2,3)4/h7-13,18,21,24,27,34H,6,14-17,19-20H2,1-5H3,(H,33,37). The summed E-state index contributed by atoms with van der Waals surface area (Å²) >= 11 is 12.1. The summed E-state index contributed by atoms with van der Waals surface area (Å²) in [6, 6.07) is 14.9. The Bertz CT molecular complexity index is 1070. The predicted molar refractivity (Wildman–Crippen MR) is 157 cm³/mol. The molecule has 0 radical (unpaired) electrons. The Morgan fingerprint density at radius 3 is 2.50 bits per heavy atom. The van der Waals surface area contributed by atoms with Crippen molar-refractivity contribution >= 4 is 35.0 Å². The SMILES string of the molecule is CCC(CN1CCC(CNC(=O)c2ccc(Cl)c(Cl)c2)NC(CCN(C)C(C)(C)C)C1=O)c1ccccc1. The monoisotopic (exact) mass is 560 g/mol. The molecule has 2 aromatic carbocycles. The van der Waals surface area contributed by atoms with Gasteiger partial charge in [0.2, 0.25) is 5.91 Å². The van der Waals surface area contributed by atoms with E-state index in [4.69, 9.17) is 23.2 Å². The van der Waals surface area contributed by atoms with Crippen LogP contribution in [0.15, 0.2) is 48.5 Å². The number of carbonyl (C=O) groups excluding carboxylic acids is 2. The average Bonchev–Trinajstić information content (AvgIpc) is 3.04. The van der Waals surface area contributed by atoms with Gasteiger partial charge in [0, 0.05) is 49.2 Å². The van der Waals surface area contributed by atoms with Crippen LogP contribution in [0.1, 0.15) is 68.8 Å². The molecule has 1 aliphatic heterocycles. The van der Waals surface area contributed by atoms with Crippen LogP contribution in [0.3, 0.4) is 0 Å². The summed E-state index contributed by atoms with van der Waals surface area (Å²) in [6.45, 7) is 11.2. The molecule has 0 spiro atoms. The van der Waals surface area contributed by atoms with Gasteiger partial charge >= 0.3 is 0 Å². The highest BCUT2D eigenvalue weighted by Gasteiger charge is 2.33. The van der Waals surface area contributed by atoms with Gasteiger partial charge in [-0.1, -0.05) is 60.5 Å². The van der Waals surface area contributed by atoms with Crippen molar-refractivity contribution in [3.05, 3.63) is 69.7 Å². The molecule has 38 heavy (non-hydrogen) atoms. The van der Waals surface area contributed by atoms with E-state index in [2.05, 4.69) is 74.5 Å². The van der Waals surface area contributed by atoms with Crippen LogP contribution in [0.25, 0.3) is 0 Å². The second kappa shape index (κ2) is 13.8. The second-order valence-corrected chi connectivity index (χ2v) is 12.0. The Labute approximate surface area is 238 Å². The highest BCUT2D eigenvalue weighted by atomic mass is 35.5. The average molecular weight is 562 g/mol. The van der Waals surface area contributed by atoms with E-state index in [0.717, 1.165) is 19.4 Å². The number of halogens is 2. The highest BCUT2D eigenvalue weighted by Crippen LogP contribution is 2.24. The third-order valence-electron chi connectivity index (χ3n) is 7.59. The first kappa shape index (κ1) is 30.4. The first-order chi connectivity index (χ1) is 18.0. The maximum atomic E-state index is 13.8. The summed E-state index contributed by atoms with van der Waals surface area (Å²) in [5.41, 5.74) is 1.73. The lowest BCUT2D eigenvalue weighted by Crippen LogP contribution is -2.51. The second-order valence-electron chi connectivity index (χ2n) is 11.2. The van der Waals surface area contributed by atoms with Crippen molar-refractivity contribution in [3.63, 3.8) is 0 Å². The van der Waals surface area contributed by atoms with Crippen molar-refractivity contribution in [2.24, 2.45) is 0 Å². The van der Waals surface area contributed by atoms with Gasteiger partial charge in [0.1, 0.15) is 0 Å². The van der Waals surface area contributed by atoms with Crippen molar-refractivity contribution in [3.8, 4) is 0 Å². The van der Waals surface area contributed by atoms with E-state index in [1.807, 2.05) is 11.0 Å². The molecule has 2 N–H and O–H groups in total. The van der Waals surface area contributed by atoms with E-state index in [1.54, 1.807) is 18.2 Å². The Hall–Kier alpha value is -2.12. The summed E-state index contributed by atoms with van der Waals surface area (Å²) in [4.78, 5) is 30.9. The fraction of sp³-hybridized carbons (Fsp3) is 0.533. The van der Waals surface area contributed by atoms with Gasteiger partial charge in [-0.05, 0) is 70.8 Å². The van der Waals surface area contributed by atoms with Crippen LogP contribution < -0.4 is 10.6 Å². The minimum Gasteiger partial charge on any atom is -0.350 e. The number of amides is 2. The van der Waals surface area contributed by atoms with Gasteiger partial charge in [0.05, 0.1) is 16.1 Å². The number of rotatable bonds is 10. The zero-order valence-electron chi connectivity index (χ0n) is 23.3. The van der Waals surface area contributed by atoms with Gasteiger partial charge in [0.25, 0.3) is 5.91 Å². The molecule has 2 aromatic rings.